The molecule has 0 unspecified atom stereocenters. The van der Waals surface area contributed by atoms with Crippen LogP contribution in [0.3, 0.4) is 0 Å². The number of unbranched alkanes of at least 4 members (excludes halogenated alkanes) is 14. The van der Waals surface area contributed by atoms with E-state index in [-0.39, 0.29) is 0 Å². The van der Waals surface area contributed by atoms with Crippen molar-refractivity contribution in [3.8, 4) is 0 Å². The summed E-state index contributed by atoms with van der Waals surface area (Å²) in [5, 5.41) is 0. The van der Waals surface area contributed by atoms with Gasteiger partial charge in [0.1, 0.15) is 0 Å². The van der Waals surface area contributed by atoms with Crippen LogP contribution in [0.2, 0.25) is 0 Å². The van der Waals surface area contributed by atoms with E-state index >= 15 is 0 Å². The van der Waals surface area contributed by atoms with Gasteiger partial charge in [0.15, 0.2) is 0 Å². The third-order valence-corrected chi connectivity index (χ3v) is 4.45. The second-order valence-electron chi connectivity index (χ2n) is 6.69. The zero-order chi connectivity index (χ0) is 16.3. The Balaban J connectivity index is 2.98. The Labute approximate surface area is 140 Å². The Morgan fingerprint density at radius 3 is 1.32 bits per heavy atom. The Kier molecular flexibility index (Phi) is 18.2. The average Bonchev–Trinajstić information content (AvgIpc) is 2.54. The van der Waals surface area contributed by atoms with E-state index in [0.29, 0.717) is 0 Å². The highest BCUT2D eigenvalue weighted by Gasteiger charge is 1.95. The molecule has 22 heavy (non-hydrogen) atoms. The van der Waals surface area contributed by atoms with Gasteiger partial charge in [0.2, 0.25) is 0 Å². The summed E-state index contributed by atoms with van der Waals surface area (Å²) in [5.74, 6) is 0.936. The zero-order valence-electron chi connectivity index (χ0n) is 15.6. The van der Waals surface area contributed by atoms with Crippen molar-refractivity contribution in [2.45, 2.75) is 117 Å². The number of hydrogen-bond acceptors (Lipinski definition) is 1. The Bertz CT molecular complexity index is 222. The molecule has 0 amide bonds. The molecule has 0 atom stereocenters. The summed E-state index contributed by atoms with van der Waals surface area (Å²) >= 11 is 0. The van der Waals surface area contributed by atoms with Crippen molar-refractivity contribution in [2.24, 2.45) is 0 Å². The van der Waals surface area contributed by atoms with Crippen molar-refractivity contribution in [1.82, 2.24) is 0 Å². The molecule has 0 rings (SSSR count). The van der Waals surface area contributed by atoms with Crippen LogP contribution in [-0.4, -0.2) is 6.61 Å². The third-order valence-electron chi connectivity index (χ3n) is 4.45. The van der Waals surface area contributed by atoms with Gasteiger partial charge in [0.05, 0.1) is 12.4 Å². The highest BCUT2D eigenvalue weighted by atomic mass is 16.5. The number of rotatable bonds is 18. The standard InChI is InChI=1S/C21H42O/c1-4-6-7-8-9-10-11-12-13-14-15-16-17-18-19-20-22-21(3)5-2/h3-20H2,1-2H3. The van der Waals surface area contributed by atoms with Crippen molar-refractivity contribution in [1.29, 1.82) is 0 Å². The molecule has 1 nitrogen and oxygen atoms in total. The fourth-order valence-corrected chi connectivity index (χ4v) is 2.79. The summed E-state index contributed by atoms with van der Waals surface area (Å²) in [6, 6.07) is 0. The second-order valence-corrected chi connectivity index (χ2v) is 6.69. The Morgan fingerprint density at radius 1 is 0.591 bits per heavy atom. The molecular formula is C21H42O. The van der Waals surface area contributed by atoms with Crippen LogP contribution < -0.4 is 0 Å². The lowest BCUT2D eigenvalue weighted by atomic mass is 10.0. The first-order valence-electron chi connectivity index (χ1n) is 10.1. The maximum absolute atomic E-state index is 5.51. The van der Waals surface area contributed by atoms with Gasteiger partial charge in [-0.15, -0.1) is 0 Å². The minimum atomic E-state index is 0.866. The molecule has 0 aliphatic carbocycles. The molecule has 0 saturated carbocycles. The van der Waals surface area contributed by atoms with Crippen LogP contribution >= 0.6 is 0 Å². The summed E-state index contributed by atoms with van der Waals surface area (Å²) in [4.78, 5) is 0. The predicted octanol–water partition coefficient (Wildman–Crippen LogP) is 7.80. The second kappa shape index (κ2) is 18.6. The fourth-order valence-electron chi connectivity index (χ4n) is 2.79. The zero-order valence-corrected chi connectivity index (χ0v) is 15.6. The first-order valence-corrected chi connectivity index (χ1v) is 10.1. The van der Waals surface area contributed by atoms with E-state index in [2.05, 4.69) is 20.4 Å². The molecule has 0 aliphatic rings. The summed E-state index contributed by atoms with van der Waals surface area (Å²) in [6.07, 6.45) is 22.1. The smallest absolute Gasteiger partial charge is 0.0885 e. The van der Waals surface area contributed by atoms with E-state index in [1.165, 1.54) is 96.3 Å². The van der Waals surface area contributed by atoms with Gasteiger partial charge in [-0.2, -0.15) is 0 Å². The van der Waals surface area contributed by atoms with Gasteiger partial charge < -0.3 is 4.74 Å². The van der Waals surface area contributed by atoms with Crippen LogP contribution in [0.5, 0.6) is 0 Å². The van der Waals surface area contributed by atoms with Crippen molar-refractivity contribution in [3.63, 3.8) is 0 Å². The molecule has 0 aromatic rings. The first kappa shape index (κ1) is 21.5. The van der Waals surface area contributed by atoms with E-state index in [9.17, 15) is 0 Å². The molecule has 0 radical (unpaired) electrons. The fraction of sp³-hybridized carbons (Fsp3) is 0.905. The minimum Gasteiger partial charge on any atom is -0.499 e. The number of ether oxygens (including phenoxy) is 1. The molecule has 132 valence electrons. The highest BCUT2D eigenvalue weighted by Crippen LogP contribution is 2.13. The first-order chi connectivity index (χ1) is 10.8. The van der Waals surface area contributed by atoms with E-state index in [1.807, 2.05) is 0 Å². The normalized spacial score (nSPS) is 10.8. The van der Waals surface area contributed by atoms with E-state index in [1.54, 1.807) is 0 Å². The molecule has 0 aliphatic heterocycles. The lowest BCUT2D eigenvalue weighted by molar-refractivity contribution is 0.199. The van der Waals surface area contributed by atoms with E-state index < -0.39 is 0 Å². The highest BCUT2D eigenvalue weighted by molar-refractivity contribution is 4.79. The largest absolute Gasteiger partial charge is 0.499 e. The van der Waals surface area contributed by atoms with Gasteiger partial charge in [-0.1, -0.05) is 110 Å². The molecule has 0 heterocycles. The van der Waals surface area contributed by atoms with Crippen LogP contribution in [0.25, 0.3) is 0 Å². The van der Waals surface area contributed by atoms with Gasteiger partial charge in [0.25, 0.3) is 0 Å². The topological polar surface area (TPSA) is 9.23 Å². The van der Waals surface area contributed by atoms with Crippen LogP contribution in [0, 0.1) is 0 Å². The van der Waals surface area contributed by atoms with Gasteiger partial charge in [-0.25, -0.2) is 0 Å². The monoisotopic (exact) mass is 310 g/mol. The van der Waals surface area contributed by atoms with Crippen molar-refractivity contribution < 1.29 is 4.74 Å². The van der Waals surface area contributed by atoms with Crippen LogP contribution in [0.4, 0.5) is 0 Å². The van der Waals surface area contributed by atoms with Crippen molar-refractivity contribution in [3.05, 3.63) is 12.3 Å². The SMILES string of the molecule is C=C(CC)OCCCCCCCCCCCCCCCCC. The molecule has 0 N–H and O–H groups in total. The van der Waals surface area contributed by atoms with Crippen molar-refractivity contribution >= 4 is 0 Å². The van der Waals surface area contributed by atoms with Crippen LogP contribution in [0.15, 0.2) is 12.3 Å². The van der Waals surface area contributed by atoms with Crippen LogP contribution in [0.1, 0.15) is 117 Å². The lowest BCUT2D eigenvalue weighted by Gasteiger charge is -2.06. The molecule has 1 heteroatoms. The lowest BCUT2D eigenvalue weighted by Crippen LogP contribution is -1.93. The van der Waals surface area contributed by atoms with Crippen molar-refractivity contribution in [2.75, 3.05) is 6.61 Å². The molecule has 0 bridgehead atoms. The average molecular weight is 311 g/mol. The Hall–Kier alpha value is -0.460. The molecule has 0 fully saturated rings. The molecule has 0 aromatic carbocycles. The Morgan fingerprint density at radius 2 is 0.955 bits per heavy atom. The summed E-state index contributed by atoms with van der Waals surface area (Å²) in [6.45, 7) is 9.11. The number of hydrogen-bond donors (Lipinski definition) is 0. The predicted molar refractivity (Wildman–Crippen MR) is 100 cm³/mol. The molecule has 0 aromatic heterocycles. The van der Waals surface area contributed by atoms with Gasteiger partial charge in [-0.05, 0) is 6.42 Å². The summed E-state index contributed by atoms with van der Waals surface area (Å²) in [5.41, 5.74) is 0. The van der Waals surface area contributed by atoms with Gasteiger partial charge in [0, 0.05) is 6.42 Å². The minimum absolute atomic E-state index is 0.866. The summed E-state index contributed by atoms with van der Waals surface area (Å²) < 4.78 is 5.51. The molecule has 0 saturated heterocycles. The number of allylic oxidation sites excluding steroid dienone is 1. The maximum atomic E-state index is 5.51. The van der Waals surface area contributed by atoms with Crippen LogP contribution in [-0.2, 0) is 4.74 Å². The maximum Gasteiger partial charge on any atom is 0.0885 e. The molecular weight excluding hydrogens is 268 g/mol. The summed E-state index contributed by atoms with van der Waals surface area (Å²) in [7, 11) is 0. The van der Waals surface area contributed by atoms with Gasteiger partial charge >= 0.3 is 0 Å². The van der Waals surface area contributed by atoms with E-state index in [4.69, 9.17) is 4.74 Å². The quantitative estimate of drug-likeness (QED) is 0.185. The van der Waals surface area contributed by atoms with Gasteiger partial charge in [-0.3, -0.25) is 0 Å². The molecule has 0 spiro atoms. The van der Waals surface area contributed by atoms with E-state index in [0.717, 1.165) is 18.8 Å². The third kappa shape index (κ3) is 17.6.